The van der Waals surface area contributed by atoms with E-state index in [1.54, 1.807) is 0 Å². The van der Waals surface area contributed by atoms with Gasteiger partial charge in [0.25, 0.3) is 0 Å². The Morgan fingerprint density at radius 2 is 1.82 bits per heavy atom. The Morgan fingerprint density at radius 1 is 1.36 bits per heavy atom. The first-order valence-corrected chi connectivity index (χ1v) is 2.97. The number of carbonyl (C=O) groups is 2. The molecule has 0 saturated carbocycles. The molecule has 0 radical (unpaired) electrons. The zero-order valence-corrected chi connectivity index (χ0v) is 6.71. The molecule has 0 aliphatic carbocycles. The molecule has 0 fully saturated rings. The van der Waals surface area contributed by atoms with Crippen LogP contribution in [0.5, 0.6) is 0 Å². The highest BCUT2D eigenvalue weighted by Gasteiger charge is 2.32. The van der Waals surface area contributed by atoms with E-state index in [1.807, 2.05) is 0 Å². The molecule has 0 aliphatic rings. The Morgan fingerprint density at radius 3 is 2.09 bits per heavy atom. The van der Waals surface area contributed by atoms with Gasteiger partial charge < -0.3 is 15.2 Å². The third-order valence-electron chi connectivity index (χ3n) is 1.03. The number of primary amides is 1. The van der Waals surface area contributed by atoms with E-state index < -0.39 is 17.7 Å². The standard InChI is InChI=1S/C6H11NO4/c1-6(2,4(8)10-3)11-5(7)9/h1-3H3,(H2,7,9). The van der Waals surface area contributed by atoms with Crippen LogP contribution in [0, 0.1) is 0 Å². The van der Waals surface area contributed by atoms with Gasteiger partial charge in [-0.05, 0) is 13.8 Å². The second-order valence-corrected chi connectivity index (χ2v) is 2.42. The summed E-state index contributed by atoms with van der Waals surface area (Å²) in [6.07, 6.45) is -1.000. The minimum atomic E-state index is -1.30. The summed E-state index contributed by atoms with van der Waals surface area (Å²) in [7, 11) is 1.20. The average Bonchev–Trinajstić information content (AvgIpc) is 1.83. The van der Waals surface area contributed by atoms with E-state index in [-0.39, 0.29) is 0 Å². The zero-order chi connectivity index (χ0) is 9.07. The van der Waals surface area contributed by atoms with Gasteiger partial charge in [-0.25, -0.2) is 9.59 Å². The molecular formula is C6H11NO4. The van der Waals surface area contributed by atoms with E-state index in [9.17, 15) is 9.59 Å². The summed E-state index contributed by atoms with van der Waals surface area (Å²) in [5.74, 6) is -0.642. The largest absolute Gasteiger partial charge is 0.466 e. The summed E-state index contributed by atoms with van der Waals surface area (Å²) in [4.78, 5) is 21.0. The molecule has 2 N–H and O–H groups in total. The van der Waals surface area contributed by atoms with Crippen LogP contribution in [0.1, 0.15) is 13.8 Å². The Kier molecular flexibility index (Phi) is 2.86. The summed E-state index contributed by atoms with van der Waals surface area (Å²) in [6.45, 7) is 2.78. The van der Waals surface area contributed by atoms with E-state index in [1.165, 1.54) is 21.0 Å². The molecule has 0 rings (SSSR count). The van der Waals surface area contributed by atoms with Gasteiger partial charge in [-0.2, -0.15) is 0 Å². The van der Waals surface area contributed by atoms with Crippen LogP contribution < -0.4 is 5.73 Å². The first kappa shape index (κ1) is 9.74. The fourth-order valence-electron chi connectivity index (χ4n) is 0.539. The fraction of sp³-hybridized carbons (Fsp3) is 0.667. The highest BCUT2D eigenvalue weighted by atomic mass is 16.6. The van der Waals surface area contributed by atoms with Crippen molar-refractivity contribution in [2.45, 2.75) is 19.4 Å². The molecule has 11 heavy (non-hydrogen) atoms. The van der Waals surface area contributed by atoms with Crippen LogP contribution in [0.3, 0.4) is 0 Å². The summed E-state index contributed by atoms with van der Waals surface area (Å²) in [5.41, 5.74) is 3.40. The van der Waals surface area contributed by atoms with Crippen LogP contribution in [0.15, 0.2) is 0 Å². The van der Waals surface area contributed by atoms with Crippen molar-refractivity contribution >= 4 is 12.1 Å². The number of methoxy groups -OCH3 is 1. The Bertz CT molecular complexity index is 175. The van der Waals surface area contributed by atoms with Crippen LogP contribution in [-0.2, 0) is 14.3 Å². The lowest BCUT2D eigenvalue weighted by molar-refractivity contribution is -0.158. The summed E-state index contributed by atoms with van der Waals surface area (Å²) < 4.78 is 8.80. The Balaban J connectivity index is 4.21. The lowest BCUT2D eigenvalue weighted by Gasteiger charge is -2.20. The lowest BCUT2D eigenvalue weighted by Crippen LogP contribution is -2.39. The van der Waals surface area contributed by atoms with Crippen LogP contribution >= 0.6 is 0 Å². The summed E-state index contributed by atoms with van der Waals surface area (Å²) >= 11 is 0. The molecule has 0 unspecified atom stereocenters. The molecule has 0 aliphatic heterocycles. The normalized spacial score (nSPS) is 10.5. The van der Waals surface area contributed by atoms with Crippen molar-refractivity contribution in [2.75, 3.05) is 7.11 Å². The summed E-state index contributed by atoms with van der Waals surface area (Å²) in [6, 6.07) is 0. The maximum absolute atomic E-state index is 10.8. The molecular weight excluding hydrogens is 150 g/mol. The number of ether oxygens (including phenoxy) is 2. The first-order valence-electron chi connectivity index (χ1n) is 2.97. The molecule has 0 spiro atoms. The highest BCUT2D eigenvalue weighted by Crippen LogP contribution is 2.10. The van der Waals surface area contributed by atoms with Gasteiger partial charge in [0.15, 0.2) is 0 Å². The van der Waals surface area contributed by atoms with Crippen LogP contribution in [0.25, 0.3) is 0 Å². The third-order valence-corrected chi connectivity index (χ3v) is 1.03. The number of nitrogens with two attached hydrogens (primary N) is 1. The molecule has 0 saturated heterocycles. The highest BCUT2D eigenvalue weighted by molar-refractivity contribution is 5.81. The Labute approximate surface area is 64.5 Å². The molecule has 1 amide bonds. The van der Waals surface area contributed by atoms with E-state index in [4.69, 9.17) is 5.73 Å². The number of amides is 1. The van der Waals surface area contributed by atoms with Crippen molar-refractivity contribution in [1.29, 1.82) is 0 Å². The van der Waals surface area contributed by atoms with Crippen molar-refractivity contribution in [1.82, 2.24) is 0 Å². The molecule has 0 heterocycles. The fourth-order valence-corrected chi connectivity index (χ4v) is 0.539. The predicted octanol–water partition coefficient (Wildman–Crippen LogP) is 0.0333. The molecule has 0 aromatic heterocycles. The first-order chi connectivity index (χ1) is 4.90. The third kappa shape index (κ3) is 2.88. The monoisotopic (exact) mass is 161 g/mol. The number of hydrogen-bond donors (Lipinski definition) is 1. The van der Waals surface area contributed by atoms with Gasteiger partial charge in [-0.1, -0.05) is 0 Å². The molecule has 5 heteroatoms. The van der Waals surface area contributed by atoms with E-state index in [0.717, 1.165) is 0 Å². The van der Waals surface area contributed by atoms with Crippen LogP contribution in [0.2, 0.25) is 0 Å². The molecule has 64 valence electrons. The van der Waals surface area contributed by atoms with Crippen LogP contribution in [0.4, 0.5) is 4.79 Å². The quantitative estimate of drug-likeness (QED) is 0.579. The van der Waals surface area contributed by atoms with Crippen molar-refractivity contribution < 1.29 is 19.1 Å². The van der Waals surface area contributed by atoms with Gasteiger partial charge in [-0.3, -0.25) is 0 Å². The van der Waals surface area contributed by atoms with Gasteiger partial charge in [0.1, 0.15) is 0 Å². The number of hydrogen-bond acceptors (Lipinski definition) is 4. The summed E-state index contributed by atoms with van der Waals surface area (Å²) in [5, 5.41) is 0. The van der Waals surface area contributed by atoms with Gasteiger partial charge in [0.05, 0.1) is 7.11 Å². The number of carbonyl (C=O) groups excluding carboxylic acids is 2. The average molecular weight is 161 g/mol. The van der Waals surface area contributed by atoms with E-state index in [0.29, 0.717) is 0 Å². The molecule has 0 bridgehead atoms. The number of rotatable bonds is 2. The second kappa shape index (κ2) is 3.23. The van der Waals surface area contributed by atoms with Crippen molar-refractivity contribution in [3.63, 3.8) is 0 Å². The van der Waals surface area contributed by atoms with Gasteiger partial charge in [0, 0.05) is 0 Å². The van der Waals surface area contributed by atoms with E-state index >= 15 is 0 Å². The lowest BCUT2D eigenvalue weighted by atomic mass is 10.1. The van der Waals surface area contributed by atoms with Gasteiger partial charge >= 0.3 is 12.1 Å². The van der Waals surface area contributed by atoms with Crippen molar-refractivity contribution in [3.8, 4) is 0 Å². The topological polar surface area (TPSA) is 78.6 Å². The van der Waals surface area contributed by atoms with Gasteiger partial charge in [-0.15, -0.1) is 0 Å². The smallest absolute Gasteiger partial charge is 0.405 e. The van der Waals surface area contributed by atoms with Crippen molar-refractivity contribution in [2.24, 2.45) is 5.73 Å². The van der Waals surface area contributed by atoms with Crippen LogP contribution in [-0.4, -0.2) is 24.8 Å². The zero-order valence-electron chi connectivity index (χ0n) is 6.71. The second-order valence-electron chi connectivity index (χ2n) is 2.42. The minimum Gasteiger partial charge on any atom is -0.466 e. The number of esters is 1. The maximum Gasteiger partial charge on any atom is 0.405 e. The Hall–Kier alpha value is -1.26. The predicted molar refractivity (Wildman–Crippen MR) is 36.8 cm³/mol. The van der Waals surface area contributed by atoms with Gasteiger partial charge in [0.2, 0.25) is 5.60 Å². The minimum absolute atomic E-state index is 0.642. The molecule has 5 nitrogen and oxygen atoms in total. The molecule has 0 atom stereocenters. The SMILES string of the molecule is COC(=O)C(C)(C)OC(N)=O. The molecule has 0 aromatic carbocycles. The van der Waals surface area contributed by atoms with E-state index in [2.05, 4.69) is 9.47 Å². The maximum atomic E-state index is 10.8. The van der Waals surface area contributed by atoms with Crippen molar-refractivity contribution in [3.05, 3.63) is 0 Å². The molecule has 0 aromatic rings.